The van der Waals surface area contributed by atoms with E-state index in [4.69, 9.17) is 5.26 Å². The van der Waals surface area contributed by atoms with Gasteiger partial charge in [0.05, 0.1) is 18.0 Å². The van der Waals surface area contributed by atoms with Crippen molar-refractivity contribution in [1.82, 2.24) is 4.98 Å². The predicted molar refractivity (Wildman–Crippen MR) is 73.3 cm³/mol. The summed E-state index contributed by atoms with van der Waals surface area (Å²) in [6.07, 6.45) is 0.964. The van der Waals surface area contributed by atoms with Gasteiger partial charge in [-0.3, -0.25) is 14.6 Å². The molecule has 2 aromatic rings. The molecule has 21 heavy (non-hydrogen) atoms. The molecular weight excluding hydrogens is 271 g/mol. The summed E-state index contributed by atoms with van der Waals surface area (Å²) in [6, 6.07) is 10.4. The van der Waals surface area contributed by atoms with Crippen LogP contribution in [0.2, 0.25) is 0 Å². The van der Waals surface area contributed by atoms with Crippen molar-refractivity contribution in [2.75, 3.05) is 0 Å². The summed E-state index contributed by atoms with van der Waals surface area (Å²) in [4.78, 5) is 27.3. The molecule has 1 aromatic carbocycles. The van der Waals surface area contributed by atoms with Crippen LogP contribution in [0.1, 0.15) is 39.3 Å². The third kappa shape index (κ3) is 3.18. The zero-order valence-electron chi connectivity index (χ0n) is 11.2. The molecule has 0 N–H and O–H groups in total. The highest BCUT2D eigenvalue weighted by Gasteiger charge is 2.23. The minimum absolute atomic E-state index is 0.106. The summed E-state index contributed by atoms with van der Waals surface area (Å²) in [5.41, 5.74) is 0.984. The highest BCUT2D eigenvalue weighted by molar-refractivity contribution is 6.03. The molecule has 0 aliphatic carbocycles. The molecule has 4 nitrogen and oxygen atoms in total. The minimum atomic E-state index is -1.10. The van der Waals surface area contributed by atoms with Gasteiger partial charge in [-0.25, -0.2) is 4.39 Å². The van der Waals surface area contributed by atoms with Crippen LogP contribution in [0, 0.1) is 17.1 Å². The molecule has 0 saturated heterocycles. The fourth-order valence-corrected chi connectivity index (χ4v) is 1.85. The Morgan fingerprint density at radius 1 is 1.14 bits per heavy atom. The van der Waals surface area contributed by atoms with Crippen molar-refractivity contribution in [3.05, 3.63) is 65.2 Å². The fourth-order valence-electron chi connectivity index (χ4n) is 1.85. The maximum absolute atomic E-state index is 12.8. The lowest BCUT2D eigenvalue weighted by atomic mass is 9.94. The van der Waals surface area contributed by atoms with Crippen molar-refractivity contribution in [1.29, 1.82) is 5.26 Å². The van der Waals surface area contributed by atoms with Gasteiger partial charge in [-0.05, 0) is 19.1 Å². The molecule has 0 saturated carbocycles. The lowest BCUT2D eigenvalue weighted by Crippen LogP contribution is -2.13. The van der Waals surface area contributed by atoms with Gasteiger partial charge >= 0.3 is 0 Å². The molecule has 0 amide bonds. The van der Waals surface area contributed by atoms with Crippen LogP contribution in [0.4, 0.5) is 4.39 Å². The number of nitriles is 1. The van der Waals surface area contributed by atoms with Crippen LogP contribution in [0.5, 0.6) is 0 Å². The second-order valence-electron chi connectivity index (χ2n) is 4.46. The standard InChI is InChI=1S/C16H11FN2O2/c1-10(20)11-2-4-12(5-3-11)16(21)14(8-18)15-7-6-13(17)9-19-15/h2-7,9,14H,1H3/t14-/m1/s1. The number of hydrogen-bond acceptors (Lipinski definition) is 4. The summed E-state index contributed by atoms with van der Waals surface area (Å²) in [5.74, 6) is -2.18. The largest absolute Gasteiger partial charge is 0.295 e. The fraction of sp³-hybridized carbons (Fsp3) is 0.125. The lowest BCUT2D eigenvalue weighted by Gasteiger charge is -2.08. The summed E-state index contributed by atoms with van der Waals surface area (Å²) < 4.78 is 12.8. The zero-order valence-corrected chi connectivity index (χ0v) is 11.2. The van der Waals surface area contributed by atoms with Gasteiger partial charge in [-0.15, -0.1) is 0 Å². The number of carbonyl (C=O) groups is 2. The second-order valence-corrected chi connectivity index (χ2v) is 4.46. The number of Topliss-reactive ketones (excluding diaryl/α,β-unsaturated/α-hetero) is 2. The van der Waals surface area contributed by atoms with Gasteiger partial charge in [-0.1, -0.05) is 24.3 Å². The molecule has 0 bridgehead atoms. The number of carbonyl (C=O) groups excluding carboxylic acids is 2. The van der Waals surface area contributed by atoms with E-state index >= 15 is 0 Å². The first-order valence-electron chi connectivity index (χ1n) is 6.19. The van der Waals surface area contributed by atoms with Crippen molar-refractivity contribution < 1.29 is 14.0 Å². The van der Waals surface area contributed by atoms with Crippen LogP contribution >= 0.6 is 0 Å². The van der Waals surface area contributed by atoms with Crippen LogP contribution in [-0.4, -0.2) is 16.6 Å². The maximum Gasteiger partial charge on any atom is 0.186 e. The first kappa shape index (κ1) is 14.5. The van der Waals surface area contributed by atoms with Crippen LogP contribution in [0.3, 0.4) is 0 Å². The maximum atomic E-state index is 12.8. The van der Waals surface area contributed by atoms with Gasteiger partial charge < -0.3 is 0 Å². The van der Waals surface area contributed by atoms with Crippen LogP contribution in [0.15, 0.2) is 42.6 Å². The molecule has 1 atom stereocenters. The minimum Gasteiger partial charge on any atom is -0.295 e. The molecule has 0 aliphatic rings. The molecule has 0 unspecified atom stereocenters. The Morgan fingerprint density at radius 2 is 1.76 bits per heavy atom. The van der Waals surface area contributed by atoms with Gasteiger partial charge in [0.2, 0.25) is 0 Å². The normalized spacial score (nSPS) is 11.5. The topological polar surface area (TPSA) is 70.8 Å². The number of pyridine rings is 1. The van der Waals surface area contributed by atoms with Gasteiger partial charge in [0.15, 0.2) is 17.5 Å². The number of halogens is 1. The molecule has 1 heterocycles. The molecule has 1 aromatic heterocycles. The van der Waals surface area contributed by atoms with E-state index in [1.165, 1.54) is 37.3 Å². The molecular formula is C16H11FN2O2. The number of ketones is 2. The summed E-state index contributed by atoms with van der Waals surface area (Å²) in [6.45, 7) is 1.43. The van der Waals surface area contributed by atoms with Gasteiger partial charge in [0.1, 0.15) is 5.82 Å². The monoisotopic (exact) mass is 282 g/mol. The van der Waals surface area contributed by atoms with E-state index in [1.54, 1.807) is 0 Å². The van der Waals surface area contributed by atoms with Crippen LogP contribution in [-0.2, 0) is 0 Å². The Morgan fingerprint density at radius 3 is 2.24 bits per heavy atom. The number of nitrogens with zero attached hydrogens (tertiary/aromatic N) is 2. The zero-order chi connectivity index (χ0) is 15.4. The van der Waals surface area contributed by atoms with Crippen LogP contribution in [0.25, 0.3) is 0 Å². The Bertz CT molecular complexity index is 715. The molecule has 0 fully saturated rings. The molecule has 0 aliphatic heterocycles. The summed E-state index contributed by atoms with van der Waals surface area (Å²) in [5, 5.41) is 9.16. The summed E-state index contributed by atoms with van der Waals surface area (Å²) >= 11 is 0. The highest BCUT2D eigenvalue weighted by Crippen LogP contribution is 2.19. The smallest absolute Gasteiger partial charge is 0.186 e. The average Bonchev–Trinajstić information content (AvgIpc) is 2.50. The van der Waals surface area contributed by atoms with E-state index in [-0.39, 0.29) is 11.5 Å². The van der Waals surface area contributed by atoms with E-state index in [0.29, 0.717) is 11.1 Å². The SMILES string of the molecule is CC(=O)c1ccc(C(=O)[C@H](C#N)c2ccc(F)cn2)cc1. The molecule has 104 valence electrons. The average molecular weight is 282 g/mol. The van der Waals surface area contributed by atoms with E-state index in [9.17, 15) is 14.0 Å². The number of benzene rings is 1. The Balaban J connectivity index is 2.30. The predicted octanol–water partition coefficient (Wildman–Crippen LogP) is 2.91. The second kappa shape index (κ2) is 6.06. The van der Waals surface area contributed by atoms with Gasteiger partial charge in [0, 0.05) is 11.1 Å². The van der Waals surface area contributed by atoms with Crippen molar-refractivity contribution in [3.63, 3.8) is 0 Å². The van der Waals surface area contributed by atoms with E-state index < -0.39 is 17.5 Å². The molecule has 2 rings (SSSR count). The van der Waals surface area contributed by atoms with Gasteiger partial charge in [0.25, 0.3) is 0 Å². The van der Waals surface area contributed by atoms with Crippen molar-refractivity contribution >= 4 is 11.6 Å². The van der Waals surface area contributed by atoms with Gasteiger partial charge in [-0.2, -0.15) is 5.26 Å². The van der Waals surface area contributed by atoms with E-state index in [0.717, 1.165) is 12.3 Å². The molecule has 5 heteroatoms. The molecule has 0 spiro atoms. The number of aromatic nitrogens is 1. The Labute approximate surface area is 120 Å². The highest BCUT2D eigenvalue weighted by atomic mass is 19.1. The van der Waals surface area contributed by atoms with Crippen molar-refractivity contribution in [3.8, 4) is 6.07 Å². The lowest BCUT2D eigenvalue weighted by molar-refractivity contribution is 0.0974. The summed E-state index contributed by atoms with van der Waals surface area (Å²) in [7, 11) is 0. The quantitative estimate of drug-likeness (QED) is 0.808. The third-order valence-electron chi connectivity index (χ3n) is 3.01. The third-order valence-corrected chi connectivity index (χ3v) is 3.01. The van der Waals surface area contributed by atoms with Crippen molar-refractivity contribution in [2.24, 2.45) is 0 Å². The number of hydrogen-bond donors (Lipinski definition) is 0. The van der Waals surface area contributed by atoms with E-state index in [1.807, 2.05) is 6.07 Å². The van der Waals surface area contributed by atoms with Crippen molar-refractivity contribution in [2.45, 2.75) is 12.8 Å². The first-order valence-corrected chi connectivity index (χ1v) is 6.19. The Kier molecular flexibility index (Phi) is 4.19. The molecule has 0 radical (unpaired) electrons. The van der Waals surface area contributed by atoms with Crippen LogP contribution < -0.4 is 0 Å². The number of rotatable bonds is 4. The first-order chi connectivity index (χ1) is 10.0. The van der Waals surface area contributed by atoms with E-state index in [2.05, 4.69) is 4.98 Å². The Hall–Kier alpha value is -2.87.